The fraction of sp³-hybridized carbons (Fsp3) is 0.714. The van der Waals surface area contributed by atoms with Gasteiger partial charge >= 0.3 is 11.9 Å². The summed E-state index contributed by atoms with van der Waals surface area (Å²) >= 11 is 0. The van der Waals surface area contributed by atoms with Crippen molar-refractivity contribution in [3.63, 3.8) is 0 Å². The van der Waals surface area contributed by atoms with Crippen LogP contribution in [0.4, 0.5) is 0 Å². The molecule has 0 saturated carbocycles. The lowest BCUT2D eigenvalue weighted by atomic mass is 10.0. The molecule has 4 nitrogen and oxygen atoms in total. The quantitative estimate of drug-likeness (QED) is 0.116. The van der Waals surface area contributed by atoms with Crippen LogP contribution < -0.4 is 4.74 Å². The van der Waals surface area contributed by atoms with Crippen molar-refractivity contribution in [1.29, 1.82) is 0 Å². The van der Waals surface area contributed by atoms with E-state index in [1.54, 1.807) is 6.07 Å². The van der Waals surface area contributed by atoms with E-state index >= 15 is 0 Å². The number of benzene rings is 1. The zero-order valence-electron chi connectivity index (χ0n) is 20.7. The summed E-state index contributed by atoms with van der Waals surface area (Å²) in [6.45, 7) is 4.81. The summed E-state index contributed by atoms with van der Waals surface area (Å²) in [6.07, 6.45) is 18.8. The van der Waals surface area contributed by atoms with Crippen LogP contribution in [0.5, 0.6) is 5.75 Å². The molecule has 0 saturated heterocycles. The predicted octanol–water partition coefficient (Wildman–Crippen LogP) is 7.96. The van der Waals surface area contributed by atoms with Gasteiger partial charge in [-0.3, -0.25) is 9.59 Å². The lowest BCUT2D eigenvalue weighted by Gasteiger charge is -2.07. The average Bonchev–Trinajstić information content (AvgIpc) is 2.79. The van der Waals surface area contributed by atoms with Crippen LogP contribution in [0.25, 0.3) is 0 Å². The Labute approximate surface area is 196 Å². The minimum Gasteiger partial charge on any atom is -0.466 e. The molecule has 0 radical (unpaired) electrons. The molecule has 0 aliphatic carbocycles. The summed E-state index contributed by atoms with van der Waals surface area (Å²) in [4.78, 5) is 23.7. The van der Waals surface area contributed by atoms with E-state index in [-0.39, 0.29) is 24.8 Å². The van der Waals surface area contributed by atoms with Gasteiger partial charge in [-0.05, 0) is 37.0 Å². The van der Waals surface area contributed by atoms with Crippen LogP contribution in [-0.4, -0.2) is 18.5 Å². The molecule has 0 bridgehead atoms. The Morgan fingerprint density at radius 2 is 1.25 bits per heavy atom. The number of rotatable bonds is 20. The first-order chi connectivity index (χ1) is 15.7. The van der Waals surface area contributed by atoms with Crippen LogP contribution in [0.15, 0.2) is 24.3 Å². The van der Waals surface area contributed by atoms with E-state index in [0.717, 1.165) is 24.8 Å². The maximum Gasteiger partial charge on any atom is 0.311 e. The molecule has 0 aromatic heterocycles. The molecule has 0 aliphatic rings. The molecule has 0 atom stereocenters. The smallest absolute Gasteiger partial charge is 0.311 e. The molecule has 32 heavy (non-hydrogen) atoms. The lowest BCUT2D eigenvalue weighted by Crippen LogP contribution is -2.10. The van der Waals surface area contributed by atoms with Crippen molar-refractivity contribution in [3.8, 4) is 5.75 Å². The highest BCUT2D eigenvalue weighted by molar-refractivity contribution is 5.74. The first kappa shape index (κ1) is 28.2. The first-order valence-corrected chi connectivity index (χ1v) is 13.1. The van der Waals surface area contributed by atoms with Gasteiger partial charge in [0.05, 0.1) is 6.61 Å². The first-order valence-electron chi connectivity index (χ1n) is 13.1. The Balaban J connectivity index is 1.88. The molecule has 0 unspecified atom stereocenters. The summed E-state index contributed by atoms with van der Waals surface area (Å²) in [5, 5.41) is 0. The number of hydrogen-bond donors (Lipinski definition) is 0. The van der Waals surface area contributed by atoms with Crippen LogP contribution in [0, 0.1) is 0 Å². The second-order valence-corrected chi connectivity index (χ2v) is 8.79. The zero-order valence-corrected chi connectivity index (χ0v) is 20.7. The zero-order chi connectivity index (χ0) is 23.3. The highest BCUT2D eigenvalue weighted by atomic mass is 16.5. The van der Waals surface area contributed by atoms with Crippen LogP contribution in [0.1, 0.15) is 122 Å². The average molecular weight is 447 g/mol. The van der Waals surface area contributed by atoms with Gasteiger partial charge in [0.2, 0.25) is 0 Å². The molecular weight excluding hydrogens is 400 g/mol. The molecule has 0 heterocycles. The number of carbonyl (C=O) groups is 2. The number of ether oxygens (including phenoxy) is 2. The highest BCUT2D eigenvalue weighted by Gasteiger charge is 2.08. The van der Waals surface area contributed by atoms with Crippen LogP contribution in [-0.2, 0) is 20.7 Å². The highest BCUT2D eigenvalue weighted by Crippen LogP contribution is 2.15. The topological polar surface area (TPSA) is 52.6 Å². The predicted molar refractivity (Wildman–Crippen MR) is 132 cm³/mol. The fourth-order valence-corrected chi connectivity index (χ4v) is 3.77. The molecule has 4 heteroatoms. The summed E-state index contributed by atoms with van der Waals surface area (Å²) in [5.41, 5.74) is 1.13. The van der Waals surface area contributed by atoms with Gasteiger partial charge in [-0.15, -0.1) is 0 Å². The molecule has 0 N–H and O–H groups in total. The lowest BCUT2D eigenvalue weighted by molar-refractivity contribution is -0.144. The standard InChI is InChI=1S/C28H46O4/c1-3-5-6-7-8-9-10-11-12-13-14-15-16-23-31-27(29)21-18-22-28(30)32-26-20-17-19-25(4-2)24-26/h17,19-20,24H,3-16,18,21-23H2,1-2H3. The molecule has 0 spiro atoms. The number of hydrogen-bond acceptors (Lipinski definition) is 4. The number of aryl methyl sites for hydroxylation is 1. The van der Waals surface area contributed by atoms with E-state index in [1.165, 1.54) is 70.6 Å². The third-order valence-electron chi connectivity index (χ3n) is 5.81. The normalized spacial score (nSPS) is 10.8. The van der Waals surface area contributed by atoms with Crippen molar-refractivity contribution in [2.45, 2.75) is 123 Å². The maximum atomic E-state index is 11.9. The Kier molecular flexibility index (Phi) is 17.5. The van der Waals surface area contributed by atoms with Gasteiger partial charge < -0.3 is 9.47 Å². The minimum atomic E-state index is -0.303. The van der Waals surface area contributed by atoms with Crippen molar-refractivity contribution in [1.82, 2.24) is 0 Å². The second-order valence-electron chi connectivity index (χ2n) is 8.79. The Morgan fingerprint density at radius 3 is 1.84 bits per heavy atom. The van der Waals surface area contributed by atoms with E-state index in [0.29, 0.717) is 18.8 Å². The minimum absolute atomic E-state index is 0.218. The van der Waals surface area contributed by atoms with Crippen LogP contribution >= 0.6 is 0 Å². The summed E-state index contributed by atoms with van der Waals surface area (Å²) in [6, 6.07) is 7.54. The van der Waals surface area contributed by atoms with E-state index in [4.69, 9.17) is 9.47 Å². The van der Waals surface area contributed by atoms with Gasteiger partial charge in [-0.1, -0.05) is 103 Å². The van der Waals surface area contributed by atoms with Gasteiger partial charge in [0.15, 0.2) is 0 Å². The van der Waals surface area contributed by atoms with E-state index < -0.39 is 0 Å². The maximum absolute atomic E-state index is 11.9. The SMILES string of the molecule is CCCCCCCCCCCCCCCOC(=O)CCCC(=O)Oc1cccc(CC)c1. The fourth-order valence-electron chi connectivity index (χ4n) is 3.77. The van der Waals surface area contributed by atoms with Crippen LogP contribution in [0.2, 0.25) is 0 Å². The molecular formula is C28H46O4. The van der Waals surface area contributed by atoms with E-state index in [9.17, 15) is 9.59 Å². The largest absolute Gasteiger partial charge is 0.466 e. The van der Waals surface area contributed by atoms with Gasteiger partial charge in [-0.2, -0.15) is 0 Å². The molecule has 1 rings (SSSR count). The Bertz CT molecular complexity index is 611. The van der Waals surface area contributed by atoms with Crippen molar-refractivity contribution in [2.75, 3.05) is 6.61 Å². The van der Waals surface area contributed by atoms with Crippen molar-refractivity contribution >= 4 is 11.9 Å². The molecule has 1 aromatic carbocycles. The van der Waals surface area contributed by atoms with Crippen molar-refractivity contribution < 1.29 is 19.1 Å². The number of carbonyl (C=O) groups excluding carboxylic acids is 2. The molecule has 0 amide bonds. The van der Waals surface area contributed by atoms with Crippen LogP contribution in [0.3, 0.4) is 0 Å². The molecule has 182 valence electrons. The Morgan fingerprint density at radius 1 is 0.688 bits per heavy atom. The van der Waals surface area contributed by atoms with E-state index in [1.807, 2.05) is 18.2 Å². The number of esters is 2. The number of unbranched alkanes of at least 4 members (excludes halogenated alkanes) is 12. The molecule has 1 aromatic rings. The molecule has 0 fully saturated rings. The van der Waals surface area contributed by atoms with Gasteiger partial charge in [0, 0.05) is 12.8 Å². The van der Waals surface area contributed by atoms with Crippen molar-refractivity contribution in [3.05, 3.63) is 29.8 Å². The summed E-state index contributed by atoms with van der Waals surface area (Å²) < 4.78 is 10.6. The van der Waals surface area contributed by atoms with E-state index in [2.05, 4.69) is 13.8 Å². The third-order valence-corrected chi connectivity index (χ3v) is 5.81. The molecule has 0 aliphatic heterocycles. The summed E-state index contributed by atoms with van der Waals surface area (Å²) in [5.74, 6) is 0.0478. The summed E-state index contributed by atoms with van der Waals surface area (Å²) in [7, 11) is 0. The van der Waals surface area contributed by atoms with Gasteiger partial charge in [0.1, 0.15) is 5.75 Å². The third kappa shape index (κ3) is 15.9. The second kappa shape index (κ2) is 19.8. The van der Waals surface area contributed by atoms with Gasteiger partial charge in [0.25, 0.3) is 0 Å². The van der Waals surface area contributed by atoms with Gasteiger partial charge in [-0.25, -0.2) is 0 Å². The Hall–Kier alpha value is -1.84. The van der Waals surface area contributed by atoms with Crippen molar-refractivity contribution in [2.24, 2.45) is 0 Å². The monoisotopic (exact) mass is 446 g/mol.